The minimum absolute atomic E-state index is 0.250. The van der Waals surface area contributed by atoms with Crippen LogP contribution in [0.15, 0.2) is 90.1 Å². The maximum atomic E-state index is 12.9. The maximum absolute atomic E-state index is 12.9. The summed E-state index contributed by atoms with van der Waals surface area (Å²) < 4.78 is 7.96. The van der Waals surface area contributed by atoms with Gasteiger partial charge in [-0.25, -0.2) is 0 Å². The lowest BCUT2D eigenvalue weighted by Gasteiger charge is -2.36. The fraction of sp³-hybridized carbons (Fsp3) is 0.344. The number of carbonyl (C=O) groups excluding carboxylic acids is 1. The topological polar surface area (TPSA) is 63.5 Å². The van der Waals surface area contributed by atoms with E-state index in [-0.39, 0.29) is 5.91 Å². The average molecular weight is 556 g/mol. The van der Waals surface area contributed by atoms with E-state index in [1.165, 1.54) is 5.56 Å². The number of carbonyl (C=O) groups is 1. The Morgan fingerprint density at radius 2 is 1.55 bits per heavy atom. The third kappa shape index (κ3) is 7.04. The molecule has 5 rings (SSSR count). The SMILES string of the molecule is CCOc1ccccc1N1CCN(C(=O)CCCCSc2nnc(Cc3ccccc3)n2-c2ccccc2)CC1. The summed E-state index contributed by atoms with van der Waals surface area (Å²) in [6.07, 6.45) is 3.13. The van der Waals surface area contributed by atoms with E-state index in [9.17, 15) is 4.79 Å². The molecule has 1 amide bonds. The van der Waals surface area contributed by atoms with Crippen molar-refractivity contribution in [3.63, 3.8) is 0 Å². The van der Waals surface area contributed by atoms with Gasteiger partial charge in [0.15, 0.2) is 5.16 Å². The molecule has 7 nitrogen and oxygen atoms in total. The highest BCUT2D eigenvalue weighted by Gasteiger charge is 2.22. The minimum atomic E-state index is 0.250. The molecule has 8 heteroatoms. The first kappa shape index (κ1) is 27.8. The number of piperazine rings is 1. The van der Waals surface area contributed by atoms with Crippen LogP contribution in [0.3, 0.4) is 0 Å². The highest BCUT2D eigenvalue weighted by molar-refractivity contribution is 7.99. The number of benzene rings is 3. The number of nitrogens with zero attached hydrogens (tertiary/aromatic N) is 5. The zero-order chi connectivity index (χ0) is 27.6. The van der Waals surface area contributed by atoms with Gasteiger partial charge in [0.2, 0.25) is 5.91 Å². The molecule has 3 aromatic carbocycles. The van der Waals surface area contributed by atoms with Crippen LogP contribution >= 0.6 is 11.8 Å². The maximum Gasteiger partial charge on any atom is 0.222 e. The monoisotopic (exact) mass is 555 g/mol. The van der Waals surface area contributed by atoms with Crippen molar-refractivity contribution in [3.8, 4) is 11.4 Å². The largest absolute Gasteiger partial charge is 0.492 e. The lowest BCUT2D eigenvalue weighted by Crippen LogP contribution is -2.48. The Labute approximate surface area is 241 Å². The summed E-state index contributed by atoms with van der Waals surface area (Å²) in [6.45, 7) is 5.80. The third-order valence-electron chi connectivity index (χ3n) is 7.07. The van der Waals surface area contributed by atoms with E-state index in [1.807, 2.05) is 54.3 Å². The Morgan fingerprint density at radius 1 is 0.850 bits per heavy atom. The number of thioether (sulfide) groups is 1. The summed E-state index contributed by atoms with van der Waals surface area (Å²) in [5.41, 5.74) is 3.39. The fourth-order valence-electron chi connectivity index (χ4n) is 5.02. The van der Waals surface area contributed by atoms with Crippen LogP contribution in [-0.2, 0) is 11.2 Å². The van der Waals surface area contributed by atoms with E-state index < -0.39 is 0 Å². The van der Waals surface area contributed by atoms with E-state index in [0.717, 1.165) is 79.3 Å². The molecular formula is C32H37N5O2S. The van der Waals surface area contributed by atoms with Crippen LogP contribution < -0.4 is 9.64 Å². The van der Waals surface area contributed by atoms with Gasteiger partial charge < -0.3 is 14.5 Å². The fourth-order valence-corrected chi connectivity index (χ4v) is 5.99. The minimum Gasteiger partial charge on any atom is -0.492 e. The number of ether oxygens (including phenoxy) is 1. The summed E-state index contributed by atoms with van der Waals surface area (Å²) in [7, 11) is 0. The molecule has 0 unspecified atom stereocenters. The van der Waals surface area contributed by atoms with Gasteiger partial charge in [-0.3, -0.25) is 9.36 Å². The van der Waals surface area contributed by atoms with Gasteiger partial charge in [-0.2, -0.15) is 0 Å². The van der Waals surface area contributed by atoms with Crippen LogP contribution in [0.2, 0.25) is 0 Å². The highest BCUT2D eigenvalue weighted by Crippen LogP contribution is 2.29. The molecule has 1 aliphatic heterocycles. The van der Waals surface area contributed by atoms with Crippen molar-refractivity contribution in [3.05, 3.63) is 96.3 Å². The molecule has 0 bridgehead atoms. The number of aromatic nitrogens is 3. The van der Waals surface area contributed by atoms with E-state index in [0.29, 0.717) is 13.0 Å². The van der Waals surface area contributed by atoms with Crippen LogP contribution in [0.25, 0.3) is 5.69 Å². The molecule has 0 N–H and O–H groups in total. The first-order valence-electron chi connectivity index (χ1n) is 14.1. The second-order valence-corrected chi connectivity index (χ2v) is 10.9. The smallest absolute Gasteiger partial charge is 0.222 e. The van der Waals surface area contributed by atoms with E-state index in [2.05, 4.69) is 62.1 Å². The van der Waals surface area contributed by atoms with E-state index in [1.54, 1.807) is 11.8 Å². The zero-order valence-corrected chi connectivity index (χ0v) is 23.9. The van der Waals surface area contributed by atoms with Gasteiger partial charge in [0, 0.05) is 50.5 Å². The van der Waals surface area contributed by atoms with Gasteiger partial charge in [-0.15, -0.1) is 10.2 Å². The molecule has 40 heavy (non-hydrogen) atoms. The standard InChI is InChI=1S/C32H37N5O2S/c1-2-39-29-18-10-9-17-28(29)35-20-22-36(23-21-35)31(38)19-11-12-24-40-32-34-33-30(25-26-13-5-3-6-14-26)37(32)27-15-7-4-8-16-27/h3-10,13-18H,2,11-12,19-25H2,1H3. The number of para-hydroxylation sites is 3. The molecule has 1 saturated heterocycles. The van der Waals surface area contributed by atoms with Gasteiger partial charge in [-0.1, -0.05) is 72.4 Å². The number of unbranched alkanes of at least 4 members (excludes halogenated alkanes) is 1. The van der Waals surface area contributed by atoms with Crippen LogP contribution in [-0.4, -0.2) is 64.1 Å². The first-order valence-corrected chi connectivity index (χ1v) is 15.1. The molecular weight excluding hydrogens is 518 g/mol. The molecule has 1 aliphatic rings. The lowest BCUT2D eigenvalue weighted by atomic mass is 10.1. The van der Waals surface area contributed by atoms with Crippen molar-refractivity contribution in [2.75, 3.05) is 43.4 Å². The summed E-state index contributed by atoms with van der Waals surface area (Å²) in [5.74, 6) is 2.99. The normalized spacial score (nSPS) is 13.4. The van der Waals surface area contributed by atoms with Crippen molar-refractivity contribution in [2.24, 2.45) is 0 Å². The Morgan fingerprint density at radius 3 is 2.30 bits per heavy atom. The van der Waals surface area contributed by atoms with Crippen molar-refractivity contribution < 1.29 is 9.53 Å². The van der Waals surface area contributed by atoms with Gasteiger partial charge >= 0.3 is 0 Å². The summed E-state index contributed by atoms with van der Waals surface area (Å²) >= 11 is 1.71. The molecule has 1 aromatic heterocycles. The third-order valence-corrected chi connectivity index (χ3v) is 8.09. The van der Waals surface area contributed by atoms with Crippen LogP contribution in [0.1, 0.15) is 37.6 Å². The Hall–Kier alpha value is -3.78. The summed E-state index contributed by atoms with van der Waals surface area (Å²) in [6, 6.07) is 28.8. The second kappa shape index (κ2) is 14.0. The van der Waals surface area contributed by atoms with Gasteiger partial charge in [0.25, 0.3) is 0 Å². The summed E-state index contributed by atoms with van der Waals surface area (Å²) in [5, 5.41) is 9.97. The summed E-state index contributed by atoms with van der Waals surface area (Å²) in [4.78, 5) is 17.2. The number of amides is 1. The van der Waals surface area contributed by atoms with Gasteiger partial charge in [0.05, 0.1) is 12.3 Å². The van der Waals surface area contributed by atoms with E-state index >= 15 is 0 Å². The van der Waals surface area contributed by atoms with Gasteiger partial charge in [0.1, 0.15) is 11.6 Å². The molecule has 0 aliphatic carbocycles. The quantitative estimate of drug-likeness (QED) is 0.161. The van der Waals surface area contributed by atoms with E-state index in [4.69, 9.17) is 4.74 Å². The lowest BCUT2D eigenvalue weighted by molar-refractivity contribution is -0.131. The number of anilines is 1. The number of hydrogen-bond acceptors (Lipinski definition) is 6. The van der Waals surface area contributed by atoms with Crippen molar-refractivity contribution in [1.82, 2.24) is 19.7 Å². The Balaban J connectivity index is 1.10. The second-order valence-electron chi connectivity index (χ2n) is 9.81. The van der Waals surface area contributed by atoms with Crippen molar-refractivity contribution in [2.45, 2.75) is 37.8 Å². The van der Waals surface area contributed by atoms with Crippen LogP contribution in [0, 0.1) is 0 Å². The van der Waals surface area contributed by atoms with Crippen molar-refractivity contribution >= 4 is 23.4 Å². The van der Waals surface area contributed by atoms with Crippen molar-refractivity contribution in [1.29, 1.82) is 0 Å². The molecule has 1 fully saturated rings. The first-order chi connectivity index (χ1) is 19.7. The van der Waals surface area contributed by atoms with Gasteiger partial charge in [-0.05, 0) is 49.6 Å². The Kier molecular flexibility index (Phi) is 9.74. The molecule has 0 spiro atoms. The molecule has 0 saturated carbocycles. The van der Waals surface area contributed by atoms with Crippen LogP contribution in [0.4, 0.5) is 5.69 Å². The predicted molar refractivity (Wildman–Crippen MR) is 162 cm³/mol. The number of rotatable bonds is 12. The predicted octanol–water partition coefficient (Wildman–Crippen LogP) is 5.87. The zero-order valence-electron chi connectivity index (χ0n) is 23.1. The molecule has 208 valence electrons. The van der Waals surface area contributed by atoms with Crippen LogP contribution in [0.5, 0.6) is 5.75 Å². The molecule has 2 heterocycles. The molecule has 4 aromatic rings. The molecule has 0 atom stereocenters. The Bertz CT molecular complexity index is 1350. The number of hydrogen-bond donors (Lipinski definition) is 0. The molecule has 0 radical (unpaired) electrons. The average Bonchev–Trinajstić information content (AvgIpc) is 3.40. The highest BCUT2D eigenvalue weighted by atomic mass is 32.2.